The Morgan fingerprint density at radius 1 is 1.12 bits per heavy atom. The minimum atomic E-state index is -0.716. The van der Waals surface area contributed by atoms with Gasteiger partial charge in [0, 0.05) is 4.47 Å². The summed E-state index contributed by atoms with van der Waals surface area (Å²) in [4.78, 5) is 12.5. The van der Waals surface area contributed by atoms with Gasteiger partial charge in [-0.05, 0) is 55.3 Å². The number of carbonyl (C=O) groups excluding carboxylic acids is 1. The molecule has 0 radical (unpaired) electrons. The number of anilines is 1. The summed E-state index contributed by atoms with van der Waals surface area (Å²) >= 11 is 3.47. The van der Waals surface area contributed by atoms with Crippen molar-refractivity contribution in [2.45, 2.75) is 20.5 Å². The summed E-state index contributed by atoms with van der Waals surface area (Å²) in [5, 5.41) is 11.9. The molecule has 0 heterocycles. The lowest BCUT2D eigenvalue weighted by molar-refractivity contribution is -0.112. The average molecular weight is 509 g/mol. The maximum absolute atomic E-state index is 13.9. The molecule has 0 aliphatic carbocycles. The minimum absolute atomic E-state index is 0.00221. The summed E-state index contributed by atoms with van der Waals surface area (Å²) in [5.74, 6) is -0.298. The summed E-state index contributed by atoms with van der Waals surface area (Å²) < 4.78 is 26.2. The Balaban J connectivity index is 1.86. The molecule has 7 heteroatoms. The van der Waals surface area contributed by atoms with E-state index < -0.39 is 11.7 Å². The maximum atomic E-state index is 13.9. The molecule has 0 saturated carbocycles. The molecule has 0 atom stereocenters. The van der Waals surface area contributed by atoms with Crippen LogP contribution in [0.15, 0.2) is 70.7 Å². The Bertz CT molecular complexity index is 1230. The first-order valence-corrected chi connectivity index (χ1v) is 11.0. The van der Waals surface area contributed by atoms with Gasteiger partial charge in [-0.15, -0.1) is 0 Å². The molecule has 33 heavy (non-hydrogen) atoms. The van der Waals surface area contributed by atoms with E-state index in [0.29, 0.717) is 34.7 Å². The van der Waals surface area contributed by atoms with Gasteiger partial charge in [-0.3, -0.25) is 4.79 Å². The van der Waals surface area contributed by atoms with E-state index >= 15 is 0 Å². The molecule has 3 aromatic rings. The quantitative estimate of drug-likeness (QED) is 0.281. The highest BCUT2D eigenvalue weighted by molar-refractivity contribution is 9.10. The molecule has 0 saturated heterocycles. The van der Waals surface area contributed by atoms with Crippen molar-refractivity contribution in [3.05, 3.63) is 93.2 Å². The van der Waals surface area contributed by atoms with Gasteiger partial charge in [0.1, 0.15) is 24.1 Å². The van der Waals surface area contributed by atoms with Crippen molar-refractivity contribution in [2.75, 3.05) is 11.9 Å². The van der Waals surface area contributed by atoms with E-state index in [1.54, 1.807) is 18.2 Å². The standard InChI is InChI=1S/C26H22BrFN2O3/c1-3-32-24-13-19(12-20(15-29)26(31)30-23-10-5-4-9-22(23)28)21(27)14-25(24)33-16-18-8-6-7-17(2)11-18/h4-14H,3,16H2,1-2H3,(H,30,31)/b20-12-. The van der Waals surface area contributed by atoms with Crippen LogP contribution in [0.1, 0.15) is 23.6 Å². The number of ether oxygens (including phenoxy) is 2. The summed E-state index contributed by atoms with van der Waals surface area (Å²) in [6, 6.07) is 19.1. The molecule has 0 spiro atoms. The fourth-order valence-corrected chi connectivity index (χ4v) is 3.50. The van der Waals surface area contributed by atoms with Gasteiger partial charge >= 0.3 is 0 Å². The normalized spacial score (nSPS) is 10.9. The lowest BCUT2D eigenvalue weighted by atomic mass is 10.1. The van der Waals surface area contributed by atoms with Crippen LogP contribution in [0.5, 0.6) is 11.5 Å². The molecule has 0 fully saturated rings. The van der Waals surface area contributed by atoms with Crippen molar-refractivity contribution in [1.82, 2.24) is 0 Å². The van der Waals surface area contributed by atoms with Crippen molar-refractivity contribution < 1.29 is 18.7 Å². The van der Waals surface area contributed by atoms with Gasteiger partial charge in [-0.25, -0.2) is 4.39 Å². The smallest absolute Gasteiger partial charge is 0.266 e. The zero-order valence-electron chi connectivity index (χ0n) is 18.2. The first-order valence-electron chi connectivity index (χ1n) is 10.2. The van der Waals surface area contributed by atoms with Crippen LogP contribution in [-0.4, -0.2) is 12.5 Å². The lowest BCUT2D eigenvalue weighted by Crippen LogP contribution is -2.14. The van der Waals surface area contributed by atoms with E-state index in [9.17, 15) is 14.4 Å². The molecule has 1 amide bonds. The number of carbonyl (C=O) groups is 1. The number of aryl methyl sites for hydroxylation is 1. The number of nitriles is 1. The van der Waals surface area contributed by atoms with Gasteiger partial charge in [0.25, 0.3) is 5.91 Å². The zero-order valence-corrected chi connectivity index (χ0v) is 19.8. The van der Waals surface area contributed by atoms with E-state index in [2.05, 4.69) is 21.2 Å². The van der Waals surface area contributed by atoms with Crippen molar-refractivity contribution in [3.8, 4) is 17.6 Å². The Morgan fingerprint density at radius 3 is 2.58 bits per heavy atom. The molecule has 5 nitrogen and oxygen atoms in total. The first-order chi connectivity index (χ1) is 15.9. The third kappa shape index (κ3) is 6.43. The summed E-state index contributed by atoms with van der Waals surface area (Å²) in [7, 11) is 0. The number of hydrogen-bond acceptors (Lipinski definition) is 4. The summed E-state index contributed by atoms with van der Waals surface area (Å²) in [6.45, 7) is 4.63. The van der Waals surface area contributed by atoms with Crippen LogP contribution >= 0.6 is 15.9 Å². The van der Waals surface area contributed by atoms with Crippen molar-refractivity contribution in [2.24, 2.45) is 0 Å². The highest BCUT2D eigenvalue weighted by Gasteiger charge is 2.15. The molecule has 1 N–H and O–H groups in total. The fourth-order valence-electron chi connectivity index (χ4n) is 3.06. The van der Waals surface area contributed by atoms with Crippen LogP contribution in [0.2, 0.25) is 0 Å². The predicted molar refractivity (Wildman–Crippen MR) is 129 cm³/mol. The highest BCUT2D eigenvalue weighted by atomic mass is 79.9. The molecule has 3 aromatic carbocycles. The second-order valence-corrected chi connectivity index (χ2v) is 7.99. The van der Waals surface area contributed by atoms with Crippen LogP contribution in [0.4, 0.5) is 10.1 Å². The van der Waals surface area contributed by atoms with Gasteiger partial charge in [0.2, 0.25) is 0 Å². The molecule has 0 unspecified atom stereocenters. The Labute approximate surface area is 200 Å². The first kappa shape index (κ1) is 24.0. The van der Waals surface area contributed by atoms with E-state index in [-0.39, 0.29) is 11.3 Å². The minimum Gasteiger partial charge on any atom is -0.490 e. The lowest BCUT2D eigenvalue weighted by Gasteiger charge is -2.14. The van der Waals surface area contributed by atoms with E-state index in [1.807, 2.05) is 44.2 Å². The SMILES string of the molecule is CCOc1cc(/C=C(/C#N)C(=O)Nc2ccccc2F)c(Br)cc1OCc1cccc(C)c1. The largest absolute Gasteiger partial charge is 0.490 e. The van der Waals surface area contributed by atoms with E-state index in [1.165, 1.54) is 24.3 Å². The Morgan fingerprint density at radius 2 is 1.88 bits per heavy atom. The molecule has 0 aliphatic heterocycles. The van der Waals surface area contributed by atoms with Gasteiger partial charge in [0.15, 0.2) is 11.5 Å². The number of rotatable bonds is 8. The molecule has 3 rings (SSSR count). The molecular formula is C26H22BrFN2O3. The average Bonchev–Trinajstić information content (AvgIpc) is 2.79. The van der Waals surface area contributed by atoms with Crippen molar-refractivity contribution in [1.29, 1.82) is 5.26 Å². The third-order valence-corrected chi connectivity index (χ3v) is 5.31. The predicted octanol–water partition coefficient (Wildman–Crippen LogP) is 6.42. The van der Waals surface area contributed by atoms with Crippen LogP contribution in [-0.2, 0) is 11.4 Å². The van der Waals surface area contributed by atoms with Gasteiger partial charge in [0.05, 0.1) is 12.3 Å². The molecule has 0 bridgehead atoms. The number of nitrogens with one attached hydrogen (secondary N) is 1. The third-order valence-electron chi connectivity index (χ3n) is 4.63. The van der Waals surface area contributed by atoms with Crippen LogP contribution in [0.25, 0.3) is 6.08 Å². The number of amides is 1. The van der Waals surface area contributed by atoms with Crippen molar-refractivity contribution >= 4 is 33.6 Å². The Kier molecular flexibility index (Phi) is 8.22. The monoisotopic (exact) mass is 508 g/mol. The topological polar surface area (TPSA) is 71.3 Å². The van der Waals surface area contributed by atoms with Crippen LogP contribution < -0.4 is 14.8 Å². The zero-order chi connectivity index (χ0) is 23.8. The van der Waals surface area contributed by atoms with Crippen LogP contribution in [0.3, 0.4) is 0 Å². The second-order valence-electron chi connectivity index (χ2n) is 7.13. The van der Waals surface area contributed by atoms with Gasteiger partial charge < -0.3 is 14.8 Å². The highest BCUT2D eigenvalue weighted by Crippen LogP contribution is 2.35. The second kappa shape index (κ2) is 11.3. The molecule has 168 valence electrons. The summed E-state index contributed by atoms with van der Waals surface area (Å²) in [5.41, 5.74) is 2.52. The number of nitrogens with zero attached hydrogens (tertiary/aromatic N) is 1. The number of hydrogen-bond donors (Lipinski definition) is 1. The summed E-state index contributed by atoms with van der Waals surface area (Å²) in [6.07, 6.45) is 1.41. The Hall–Kier alpha value is -3.63. The van der Waals surface area contributed by atoms with E-state index in [0.717, 1.165) is 11.1 Å². The van der Waals surface area contributed by atoms with Gasteiger partial charge in [-0.1, -0.05) is 57.9 Å². The van der Waals surface area contributed by atoms with Crippen LogP contribution in [0, 0.1) is 24.1 Å². The number of para-hydroxylation sites is 1. The molecular weight excluding hydrogens is 487 g/mol. The van der Waals surface area contributed by atoms with Gasteiger partial charge in [-0.2, -0.15) is 5.26 Å². The number of benzene rings is 3. The molecule has 0 aromatic heterocycles. The number of halogens is 2. The van der Waals surface area contributed by atoms with Crippen molar-refractivity contribution in [3.63, 3.8) is 0 Å². The maximum Gasteiger partial charge on any atom is 0.266 e. The van der Waals surface area contributed by atoms with E-state index in [4.69, 9.17) is 9.47 Å². The fraction of sp³-hybridized carbons (Fsp3) is 0.154. The molecule has 0 aliphatic rings.